The van der Waals surface area contributed by atoms with E-state index in [1.54, 1.807) is 0 Å². The number of pyridine rings is 1. The van der Waals surface area contributed by atoms with E-state index in [0.29, 0.717) is 11.8 Å². The van der Waals surface area contributed by atoms with E-state index in [1.165, 1.54) is 12.3 Å². The quantitative estimate of drug-likeness (QED) is 0.467. The summed E-state index contributed by atoms with van der Waals surface area (Å²) in [5.41, 5.74) is 0.313. The van der Waals surface area contributed by atoms with E-state index >= 15 is 0 Å². The van der Waals surface area contributed by atoms with Crippen LogP contribution in [0.1, 0.15) is 22.3 Å². The van der Waals surface area contributed by atoms with E-state index in [-0.39, 0.29) is 17.1 Å². The lowest BCUT2D eigenvalue weighted by Gasteiger charge is -1.97. The third-order valence-corrected chi connectivity index (χ3v) is 1.79. The molecule has 0 aliphatic rings. The SMILES string of the molecule is O=CCC#Cc1cnc(Cl)c(C(=O)O)c1. The van der Waals surface area contributed by atoms with Crippen LogP contribution < -0.4 is 0 Å². The van der Waals surface area contributed by atoms with Crippen LogP contribution in [-0.4, -0.2) is 22.3 Å². The van der Waals surface area contributed by atoms with Crippen molar-refractivity contribution in [1.29, 1.82) is 0 Å². The number of rotatable bonds is 2. The van der Waals surface area contributed by atoms with Gasteiger partial charge in [0.2, 0.25) is 0 Å². The zero-order valence-electron chi connectivity index (χ0n) is 7.53. The van der Waals surface area contributed by atoms with Gasteiger partial charge in [-0.05, 0) is 6.07 Å². The van der Waals surface area contributed by atoms with Crippen LogP contribution in [-0.2, 0) is 4.79 Å². The highest BCUT2D eigenvalue weighted by Crippen LogP contribution is 2.13. The molecule has 4 nitrogen and oxygen atoms in total. The van der Waals surface area contributed by atoms with Gasteiger partial charge >= 0.3 is 5.97 Å². The molecule has 5 heteroatoms. The molecule has 1 heterocycles. The van der Waals surface area contributed by atoms with Crippen LogP contribution in [0.3, 0.4) is 0 Å². The number of aldehydes is 1. The first kappa shape index (κ1) is 11.2. The summed E-state index contributed by atoms with van der Waals surface area (Å²) >= 11 is 5.56. The highest BCUT2D eigenvalue weighted by Gasteiger charge is 2.09. The van der Waals surface area contributed by atoms with Gasteiger partial charge in [-0.15, -0.1) is 0 Å². The Kier molecular flexibility index (Phi) is 3.83. The Morgan fingerprint density at radius 3 is 3.00 bits per heavy atom. The third-order valence-electron chi connectivity index (χ3n) is 1.49. The van der Waals surface area contributed by atoms with Gasteiger partial charge in [-0.2, -0.15) is 0 Å². The molecule has 0 atom stereocenters. The molecule has 76 valence electrons. The highest BCUT2D eigenvalue weighted by molar-refractivity contribution is 6.32. The van der Waals surface area contributed by atoms with E-state index in [1.807, 2.05) is 0 Å². The van der Waals surface area contributed by atoms with E-state index < -0.39 is 5.97 Å². The lowest BCUT2D eigenvalue weighted by atomic mass is 10.2. The van der Waals surface area contributed by atoms with Crippen LogP contribution in [0.2, 0.25) is 5.15 Å². The molecule has 0 radical (unpaired) electrons. The average molecular weight is 224 g/mol. The molecular weight excluding hydrogens is 218 g/mol. The number of nitrogens with zero attached hydrogens (tertiary/aromatic N) is 1. The Labute approximate surface area is 90.9 Å². The molecule has 1 aromatic rings. The van der Waals surface area contributed by atoms with Crippen molar-refractivity contribution in [3.05, 3.63) is 28.5 Å². The Morgan fingerprint density at radius 1 is 1.67 bits per heavy atom. The van der Waals surface area contributed by atoms with Gasteiger partial charge in [0.05, 0.1) is 12.0 Å². The second-order valence-corrected chi connectivity index (χ2v) is 2.90. The molecule has 0 fully saturated rings. The maximum Gasteiger partial charge on any atom is 0.338 e. The molecule has 0 saturated carbocycles. The topological polar surface area (TPSA) is 67.3 Å². The summed E-state index contributed by atoms with van der Waals surface area (Å²) in [6, 6.07) is 1.31. The van der Waals surface area contributed by atoms with Crippen LogP contribution in [0, 0.1) is 11.8 Å². The fourth-order valence-corrected chi connectivity index (χ4v) is 1.05. The number of aromatic nitrogens is 1. The van der Waals surface area contributed by atoms with Crippen molar-refractivity contribution in [2.75, 3.05) is 0 Å². The first-order valence-electron chi connectivity index (χ1n) is 3.96. The van der Waals surface area contributed by atoms with Crippen LogP contribution in [0.5, 0.6) is 0 Å². The van der Waals surface area contributed by atoms with Gasteiger partial charge in [-0.25, -0.2) is 9.78 Å². The minimum absolute atomic E-state index is 0.0802. The number of carboxylic acid groups (broad SMARTS) is 1. The number of hydrogen-bond donors (Lipinski definition) is 1. The van der Waals surface area contributed by atoms with Crippen LogP contribution in [0.25, 0.3) is 0 Å². The largest absolute Gasteiger partial charge is 0.478 e. The molecule has 0 spiro atoms. The van der Waals surface area contributed by atoms with Gasteiger partial charge in [0.15, 0.2) is 0 Å². The van der Waals surface area contributed by atoms with Crippen molar-refractivity contribution in [2.24, 2.45) is 0 Å². The van der Waals surface area contributed by atoms with Gasteiger partial charge in [0.1, 0.15) is 11.4 Å². The molecule has 1 aromatic heterocycles. The normalized spacial score (nSPS) is 8.87. The fourth-order valence-electron chi connectivity index (χ4n) is 0.861. The van der Waals surface area contributed by atoms with Crippen molar-refractivity contribution in [1.82, 2.24) is 4.98 Å². The first-order chi connectivity index (χ1) is 7.15. The Balaban J connectivity index is 3.04. The molecule has 0 unspecified atom stereocenters. The second kappa shape index (κ2) is 5.13. The van der Waals surface area contributed by atoms with E-state index in [2.05, 4.69) is 16.8 Å². The smallest absolute Gasteiger partial charge is 0.338 e. The van der Waals surface area contributed by atoms with Crippen molar-refractivity contribution < 1.29 is 14.7 Å². The Bertz CT molecular complexity index is 459. The number of hydrogen-bond acceptors (Lipinski definition) is 3. The lowest BCUT2D eigenvalue weighted by molar-refractivity contribution is -0.107. The van der Waals surface area contributed by atoms with Crippen LogP contribution in [0.4, 0.5) is 0 Å². The van der Waals surface area contributed by atoms with E-state index in [0.717, 1.165) is 0 Å². The standard InChI is InChI=1S/C10H6ClNO3/c11-9-8(10(14)15)5-7(6-12-9)3-1-2-4-13/h4-6H,2H2,(H,14,15). The Hall–Kier alpha value is -1.86. The van der Waals surface area contributed by atoms with E-state index in [9.17, 15) is 9.59 Å². The summed E-state index contributed by atoms with van der Waals surface area (Å²) in [6.07, 6.45) is 2.12. The lowest BCUT2D eigenvalue weighted by Crippen LogP contribution is -1.99. The Morgan fingerprint density at radius 2 is 2.40 bits per heavy atom. The molecule has 0 saturated heterocycles. The molecule has 0 aliphatic heterocycles. The monoisotopic (exact) mass is 223 g/mol. The van der Waals surface area contributed by atoms with Gasteiger partial charge in [-0.3, -0.25) is 0 Å². The molecule has 15 heavy (non-hydrogen) atoms. The molecule has 0 aromatic carbocycles. The number of carboxylic acids is 1. The van der Waals surface area contributed by atoms with Crippen LogP contribution in [0.15, 0.2) is 12.3 Å². The number of halogens is 1. The summed E-state index contributed by atoms with van der Waals surface area (Å²) in [5, 5.41) is 8.65. The van der Waals surface area contributed by atoms with E-state index in [4.69, 9.17) is 16.7 Å². The molecule has 0 aliphatic carbocycles. The maximum atomic E-state index is 10.7. The minimum atomic E-state index is -1.16. The molecule has 1 N–H and O–H groups in total. The highest BCUT2D eigenvalue weighted by atomic mass is 35.5. The molecule has 0 bridgehead atoms. The van der Waals surface area contributed by atoms with Crippen molar-refractivity contribution in [2.45, 2.75) is 6.42 Å². The van der Waals surface area contributed by atoms with Crippen molar-refractivity contribution in [3.63, 3.8) is 0 Å². The van der Waals surface area contributed by atoms with Gasteiger partial charge in [0.25, 0.3) is 0 Å². The third kappa shape index (κ3) is 3.08. The van der Waals surface area contributed by atoms with Gasteiger partial charge in [0, 0.05) is 11.8 Å². The maximum absolute atomic E-state index is 10.7. The summed E-state index contributed by atoms with van der Waals surface area (Å²) in [4.78, 5) is 24.3. The zero-order chi connectivity index (χ0) is 11.3. The predicted octanol–water partition coefficient (Wildman–Crippen LogP) is 1.37. The number of carbonyl (C=O) groups is 2. The zero-order valence-corrected chi connectivity index (χ0v) is 8.28. The minimum Gasteiger partial charge on any atom is -0.478 e. The molecule has 0 amide bonds. The van der Waals surface area contributed by atoms with Crippen LogP contribution >= 0.6 is 11.6 Å². The van der Waals surface area contributed by atoms with Crippen molar-refractivity contribution in [3.8, 4) is 11.8 Å². The summed E-state index contributed by atoms with van der Waals surface area (Å²) in [5.74, 6) is 3.98. The number of aromatic carboxylic acids is 1. The summed E-state index contributed by atoms with van der Waals surface area (Å²) < 4.78 is 0. The predicted molar refractivity (Wildman–Crippen MR) is 53.8 cm³/mol. The average Bonchev–Trinajstić information content (AvgIpc) is 2.20. The summed E-state index contributed by atoms with van der Waals surface area (Å²) in [7, 11) is 0. The molecule has 1 rings (SSSR count). The van der Waals surface area contributed by atoms with Gasteiger partial charge < -0.3 is 9.90 Å². The summed E-state index contributed by atoms with van der Waals surface area (Å²) in [6.45, 7) is 0. The first-order valence-corrected chi connectivity index (χ1v) is 4.34. The fraction of sp³-hybridized carbons (Fsp3) is 0.100. The van der Waals surface area contributed by atoms with Gasteiger partial charge in [-0.1, -0.05) is 23.4 Å². The molecular formula is C10H6ClNO3. The number of carbonyl (C=O) groups excluding carboxylic acids is 1. The second-order valence-electron chi connectivity index (χ2n) is 2.54. The van der Waals surface area contributed by atoms with Crippen molar-refractivity contribution >= 4 is 23.9 Å².